The third-order valence-electron chi connectivity index (χ3n) is 2.64. The summed E-state index contributed by atoms with van der Waals surface area (Å²) in [4.78, 5) is 24.2. The van der Waals surface area contributed by atoms with Gasteiger partial charge in [0.15, 0.2) is 0 Å². The summed E-state index contributed by atoms with van der Waals surface area (Å²) in [5, 5.41) is 11.4. The number of hydrogen-bond acceptors (Lipinski definition) is 3. The van der Waals surface area contributed by atoms with E-state index in [-0.39, 0.29) is 18.4 Å². The maximum absolute atomic E-state index is 11.9. The van der Waals surface area contributed by atoms with Gasteiger partial charge in [0.05, 0.1) is 4.88 Å². The van der Waals surface area contributed by atoms with Crippen LogP contribution in [-0.2, 0) is 11.2 Å². The first kappa shape index (κ1) is 14.7. The summed E-state index contributed by atoms with van der Waals surface area (Å²) in [7, 11) is 0. The van der Waals surface area contributed by atoms with Gasteiger partial charge in [-0.25, -0.2) is 0 Å². The molecular formula is C13H19NO3S. The second kappa shape index (κ2) is 7.16. The minimum Gasteiger partial charge on any atom is -0.481 e. The van der Waals surface area contributed by atoms with Gasteiger partial charge in [-0.1, -0.05) is 6.92 Å². The van der Waals surface area contributed by atoms with Crippen LogP contribution in [0.5, 0.6) is 0 Å². The van der Waals surface area contributed by atoms with Crippen LogP contribution in [0.3, 0.4) is 0 Å². The van der Waals surface area contributed by atoms with Gasteiger partial charge in [0, 0.05) is 17.3 Å². The Hall–Kier alpha value is -1.36. The van der Waals surface area contributed by atoms with E-state index < -0.39 is 5.97 Å². The highest BCUT2D eigenvalue weighted by atomic mass is 32.1. The Bertz CT molecular complexity index is 414. The summed E-state index contributed by atoms with van der Waals surface area (Å²) >= 11 is 1.51. The third kappa shape index (κ3) is 4.87. The monoisotopic (exact) mass is 269 g/mol. The van der Waals surface area contributed by atoms with E-state index in [4.69, 9.17) is 5.11 Å². The molecule has 0 aliphatic rings. The molecule has 0 saturated heterocycles. The van der Waals surface area contributed by atoms with E-state index in [1.54, 1.807) is 0 Å². The zero-order valence-corrected chi connectivity index (χ0v) is 11.5. The Labute approximate surface area is 111 Å². The average molecular weight is 269 g/mol. The van der Waals surface area contributed by atoms with Gasteiger partial charge in [0.25, 0.3) is 5.91 Å². The molecule has 18 heavy (non-hydrogen) atoms. The van der Waals surface area contributed by atoms with Crippen LogP contribution in [0.2, 0.25) is 0 Å². The molecule has 4 nitrogen and oxygen atoms in total. The zero-order chi connectivity index (χ0) is 13.5. The molecule has 0 aliphatic heterocycles. The molecule has 1 rings (SSSR count). The first-order valence-electron chi connectivity index (χ1n) is 6.14. The lowest BCUT2D eigenvalue weighted by atomic mass is 10.1. The second-order valence-electron chi connectivity index (χ2n) is 4.28. The van der Waals surface area contributed by atoms with E-state index in [2.05, 4.69) is 12.2 Å². The fraction of sp³-hybridized carbons (Fsp3) is 0.538. The highest BCUT2D eigenvalue weighted by molar-refractivity contribution is 7.14. The lowest BCUT2D eigenvalue weighted by Gasteiger charge is -2.12. The maximum Gasteiger partial charge on any atom is 0.303 e. The van der Waals surface area contributed by atoms with Crippen LogP contribution in [0.1, 0.15) is 47.7 Å². The fourth-order valence-corrected chi connectivity index (χ4v) is 2.47. The number of carboxylic acids is 1. The molecule has 0 aromatic carbocycles. The van der Waals surface area contributed by atoms with Crippen LogP contribution in [0.25, 0.3) is 0 Å². The number of aryl methyl sites for hydroxylation is 1. The highest BCUT2D eigenvalue weighted by Gasteiger charge is 2.12. The van der Waals surface area contributed by atoms with Crippen molar-refractivity contribution in [3.05, 3.63) is 21.9 Å². The lowest BCUT2D eigenvalue weighted by Crippen LogP contribution is -2.32. The number of amides is 1. The van der Waals surface area contributed by atoms with Crippen LogP contribution < -0.4 is 5.32 Å². The molecule has 0 aliphatic carbocycles. The van der Waals surface area contributed by atoms with Gasteiger partial charge in [-0.15, -0.1) is 11.3 Å². The van der Waals surface area contributed by atoms with Crippen molar-refractivity contribution in [2.24, 2.45) is 0 Å². The first-order chi connectivity index (χ1) is 8.52. The van der Waals surface area contributed by atoms with Crippen molar-refractivity contribution in [1.82, 2.24) is 5.32 Å². The number of hydrogen-bond donors (Lipinski definition) is 2. The molecule has 2 N–H and O–H groups in total. The number of thiophene rings is 1. The summed E-state index contributed by atoms with van der Waals surface area (Å²) in [5.74, 6) is -0.859. The van der Waals surface area contributed by atoms with Crippen LogP contribution in [0.4, 0.5) is 0 Å². The smallest absolute Gasteiger partial charge is 0.303 e. The molecule has 0 radical (unpaired) electrons. The Kier molecular flexibility index (Phi) is 5.85. The molecule has 100 valence electrons. The Balaban J connectivity index is 2.37. The molecular weight excluding hydrogens is 250 g/mol. The maximum atomic E-state index is 11.9. The van der Waals surface area contributed by atoms with Gasteiger partial charge in [0.2, 0.25) is 0 Å². The van der Waals surface area contributed by atoms with E-state index in [0.717, 1.165) is 11.3 Å². The van der Waals surface area contributed by atoms with Gasteiger partial charge in [-0.3, -0.25) is 9.59 Å². The van der Waals surface area contributed by atoms with Crippen LogP contribution in [-0.4, -0.2) is 23.0 Å². The molecule has 0 bridgehead atoms. The number of carboxylic acid groups (broad SMARTS) is 1. The fourth-order valence-electron chi connectivity index (χ4n) is 1.62. The average Bonchev–Trinajstić information content (AvgIpc) is 2.76. The third-order valence-corrected chi connectivity index (χ3v) is 3.87. The van der Waals surface area contributed by atoms with Crippen molar-refractivity contribution in [2.45, 2.75) is 45.6 Å². The number of carbonyl (C=O) groups is 2. The van der Waals surface area contributed by atoms with Crippen molar-refractivity contribution in [3.63, 3.8) is 0 Å². The van der Waals surface area contributed by atoms with Gasteiger partial charge in [0.1, 0.15) is 0 Å². The number of rotatable bonds is 7. The predicted molar refractivity (Wildman–Crippen MR) is 72.1 cm³/mol. The summed E-state index contributed by atoms with van der Waals surface area (Å²) in [6.07, 6.45) is 2.36. The van der Waals surface area contributed by atoms with E-state index >= 15 is 0 Å². The van der Waals surface area contributed by atoms with E-state index in [9.17, 15) is 9.59 Å². The number of carbonyl (C=O) groups excluding carboxylic acids is 1. The Morgan fingerprint density at radius 2 is 2.17 bits per heavy atom. The molecule has 1 atom stereocenters. The van der Waals surface area contributed by atoms with Crippen molar-refractivity contribution in [2.75, 3.05) is 0 Å². The SMILES string of the molecule is CCc1ccc(C(=O)NC(C)CCCC(=O)O)s1. The van der Waals surface area contributed by atoms with Gasteiger partial charge < -0.3 is 10.4 Å². The summed E-state index contributed by atoms with van der Waals surface area (Å²) in [5.41, 5.74) is 0. The normalized spacial score (nSPS) is 12.1. The Morgan fingerprint density at radius 3 is 2.72 bits per heavy atom. The van der Waals surface area contributed by atoms with Crippen LogP contribution in [0.15, 0.2) is 12.1 Å². The molecule has 1 amide bonds. The van der Waals surface area contributed by atoms with E-state index in [1.807, 2.05) is 19.1 Å². The van der Waals surface area contributed by atoms with Gasteiger partial charge in [-0.2, -0.15) is 0 Å². The quantitative estimate of drug-likeness (QED) is 0.799. The minimum atomic E-state index is -0.792. The Morgan fingerprint density at radius 1 is 1.44 bits per heavy atom. The molecule has 1 aromatic rings. The lowest BCUT2D eigenvalue weighted by molar-refractivity contribution is -0.137. The topological polar surface area (TPSA) is 66.4 Å². The van der Waals surface area contributed by atoms with Gasteiger partial charge >= 0.3 is 5.97 Å². The first-order valence-corrected chi connectivity index (χ1v) is 6.96. The van der Waals surface area contributed by atoms with E-state index in [1.165, 1.54) is 16.2 Å². The molecule has 0 spiro atoms. The molecule has 0 saturated carbocycles. The number of aliphatic carboxylic acids is 1. The minimum absolute atomic E-state index is 0.00373. The van der Waals surface area contributed by atoms with Crippen molar-refractivity contribution >= 4 is 23.2 Å². The highest BCUT2D eigenvalue weighted by Crippen LogP contribution is 2.17. The standard InChI is InChI=1S/C13H19NO3S/c1-3-10-7-8-11(18-10)13(17)14-9(2)5-4-6-12(15)16/h7-9H,3-6H2,1-2H3,(H,14,17)(H,15,16). The summed E-state index contributed by atoms with van der Waals surface area (Å²) < 4.78 is 0. The van der Waals surface area contributed by atoms with Crippen molar-refractivity contribution in [1.29, 1.82) is 0 Å². The zero-order valence-electron chi connectivity index (χ0n) is 10.7. The van der Waals surface area contributed by atoms with Gasteiger partial charge in [-0.05, 0) is 38.3 Å². The summed E-state index contributed by atoms with van der Waals surface area (Å²) in [6.45, 7) is 3.95. The van der Waals surface area contributed by atoms with Crippen molar-refractivity contribution < 1.29 is 14.7 Å². The molecule has 1 unspecified atom stereocenters. The molecule has 1 heterocycles. The van der Waals surface area contributed by atoms with E-state index in [0.29, 0.717) is 12.8 Å². The predicted octanol–water partition coefficient (Wildman–Crippen LogP) is 2.68. The molecule has 5 heteroatoms. The van der Waals surface area contributed by atoms with Crippen LogP contribution in [0, 0.1) is 0 Å². The molecule has 1 aromatic heterocycles. The number of nitrogens with one attached hydrogen (secondary N) is 1. The van der Waals surface area contributed by atoms with Crippen LogP contribution >= 0.6 is 11.3 Å². The largest absolute Gasteiger partial charge is 0.481 e. The second-order valence-corrected chi connectivity index (χ2v) is 5.45. The molecule has 0 fully saturated rings. The van der Waals surface area contributed by atoms with Crippen molar-refractivity contribution in [3.8, 4) is 0 Å². The summed E-state index contributed by atoms with van der Waals surface area (Å²) in [6, 6.07) is 3.81.